The largest absolute Gasteiger partial charge is 0.325 e. The summed E-state index contributed by atoms with van der Waals surface area (Å²) in [5, 5.41) is 5.44. The minimum Gasteiger partial charge on any atom is -0.325 e. The molecular formula is C18H18ClFN4O3S. The first kappa shape index (κ1) is 20.5. The van der Waals surface area contributed by atoms with Gasteiger partial charge in [0.1, 0.15) is 18.4 Å². The van der Waals surface area contributed by atoms with E-state index in [0.29, 0.717) is 12.1 Å². The fourth-order valence-electron chi connectivity index (χ4n) is 2.95. The highest BCUT2D eigenvalue weighted by Crippen LogP contribution is 2.28. The van der Waals surface area contributed by atoms with E-state index in [4.69, 9.17) is 11.6 Å². The molecule has 28 heavy (non-hydrogen) atoms. The molecule has 1 fully saturated rings. The van der Waals surface area contributed by atoms with Crippen LogP contribution in [0.2, 0.25) is 5.02 Å². The Morgan fingerprint density at radius 1 is 1.36 bits per heavy atom. The fraction of sp³-hybridized carbons (Fsp3) is 0.278. The fourth-order valence-corrected chi connectivity index (χ4v) is 4.18. The molecule has 1 aliphatic heterocycles. The van der Waals surface area contributed by atoms with E-state index in [2.05, 4.69) is 15.2 Å². The summed E-state index contributed by atoms with van der Waals surface area (Å²) >= 11 is 4.18. The first-order valence-electron chi connectivity index (χ1n) is 8.44. The van der Waals surface area contributed by atoms with Crippen LogP contribution in [0.5, 0.6) is 0 Å². The van der Waals surface area contributed by atoms with Crippen molar-refractivity contribution in [1.82, 2.24) is 9.03 Å². The van der Waals surface area contributed by atoms with Gasteiger partial charge in [0.2, 0.25) is 5.91 Å². The van der Waals surface area contributed by atoms with Crippen molar-refractivity contribution < 1.29 is 13.4 Å². The molecule has 0 radical (unpaired) electrons. The molecule has 3 unspecified atom stereocenters. The van der Waals surface area contributed by atoms with Gasteiger partial charge in [0.05, 0.1) is 5.02 Å². The Kier molecular flexibility index (Phi) is 6.50. The van der Waals surface area contributed by atoms with Crippen LogP contribution in [-0.4, -0.2) is 27.5 Å². The molecule has 0 bridgehead atoms. The van der Waals surface area contributed by atoms with Crippen molar-refractivity contribution >= 4 is 34.4 Å². The van der Waals surface area contributed by atoms with E-state index in [1.54, 1.807) is 19.2 Å². The first-order chi connectivity index (χ1) is 13.4. The molecule has 1 aliphatic rings. The first-order valence-corrected chi connectivity index (χ1v) is 9.92. The van der Waals surface area contributed by atoms with E-state index in [1.807, 2.05) is 12.1 Å². The zero-order valence-corrected chi connectivity index (χ0v) is 16.5. The molecule has 2 aromatic carbocycles. The van der Waals surface area contributed by atoms with Gasteiger partial charge < -0.3 is 5.32 Å². The third-order valence-electron chi connectivity index (χ3n) is 4.52. The van der Waals surface area contributed by atoms with Gasteiger partial charge in [-0.1, -0.05) is 41.0 Å². The Morgan fingerprint density at radius 3 is 2.71 bits per heavy atom. The molecule has 1 saturated heterocycles. The molecule has 3 rings (SSSR count). The van der Waals surface area contributed by atoms with Crippen molar-refractivity contribution in [3.8, 4) is 0 Å². The molecule has 0 aliphatic carbocycles. The van der Waals surface area contributed by atoms with Gasteiger partial charge in [-0.2, -0.15) is 4.91 Å². The second-order valence-electron chi connectivity index (χ2n) is 6.36. The average Bonchev–Trinajstić information content (AvgIpc) is 2.67. The maximum atomic E-state index is 13.3. The van der Waals surface area contributed by atoms with Gasteiger partial charge in [-0.25, -0.2) is 17.6 Å². The molecule has 0 aromatic heterocycles. The van der Waals surface area contributed by atoms with Crippen LogP contribution in [0.1, 0.15) is 23.6 Å². The Hall–Kier alpha value is -2.20. The van der Waals surface area contributed by atoms with Gasteiger partial charge >= 0.3 is 0 Å². The predicted molar refractivity (Wildman–Crippen MR) is 106 cm³/mol. The number of halogens is 2. The molecule has 10 heteroatoms. The highest BCUT2D eigenvalue weighted by atomic mass is 35.5. The van der Waals surface area contributed by atoms with Crippen LogP contribution in [0.15, 0.2) is 47.6 Å². The summed E-state index contributed by atoms with van der Waals surface area (Å²) in [7, 11) is 1.58. The Labute approximate surface area is 169 Å². The summed E-state index contributed by atoms with van der Waals surface area (Å²) in [6.07, 6.45) is 0.369. The number of rotatable bonds is 5. The lowest BCUT2D eigenvalue weighted by Gasteiger charge is -2.35. The van der Waals surface area contributed by atoms with E-state index in [9.17, 15) is 18.3 Å². The number of carbonyl (C=O) groups is 1. The Balaban J connectivity index is 1.75. The van der Waals surface area contributed by atoms with Crippen LogP contribution in [0.4, 0.5) is 10.1 Å². The number of likely N-dealkylation sites (N-methyl/N-ethyl adjacent to an activating group) is 1. The lowest BCUT2D eigenvalue weighted by molar-refractivity contribution is -0.120. The quantitative estimate of drug-likeness (QED) is 0.721. The number of anilines is 1. The molecule has 2 aromatic rings. The SMILES string of the molecule is CN1C(C(=O)Nc2ccc(F)c(Cl)c2)CC(c2ccc(CN=O)cc2)NS1=O. The number of carbonyl (C=O) groups excluding carboxylic acids is 1. The number of hydrogen-bond donors (Lipinski definition) is 2. The summed E-state index contributed by atoms with van der Waals surface area (Å²) in [4.78, 5) is 23.1. The molecule has 0 saturated carbocycles. The van der Waals surface area contributed by atoms with E-state index >= 15 is 0 Å². The number of amides is 1. The zero-order chi connectivity index (χ0) is 20.3. The van der Waals surface area contributed by atoms with Crippen molar-refractivity contribution in [2.75, 3.05) is 12.4 Å². The summed E-state index contributed by atoms with van der Waals surface area (Å²) < 4.78 is 30.1. The molecule has 0 spiro atoms. The lowest BCUT2D eigenvalue weighted by atomic mass is 9.98. The summed E-state index contributed by atoms with van der Waals surface area (Å²) in [6, 6.07) is 10.1. The molecule has 2 N–H and O–H groups in total. The van der Waals surface area contributed by atoms with Gasteiger partial charge in [0.25, 0.3) is 0 Å². The molecule has 3 atom stereocenters. The van der Waals surface area contributed by atoms with Crippen LogP contribution >= 0.6 is 11.6 Å². The summed E-state index contributed by atoms with van der Waals surface area (Å²) in [5.41, 5.74) is 1.98. The van der Waals surface area contributed by atoms with Crippen molar-refractivity contribution in [3.05, 3.63) is 69.3 Å². The zero-order valence-electron chi connectivity index (χ0n) is 14.9. The normalized spacial score (nSPS) is 22.6. The maximum Gasteiger partial charge on any atom is 0.242 e. The second-order valence-corrected chi connectivity index (χ2v) is 8.08. The van der Waals surface area contributed by atoms with Crippen molar-refractivity contribution in [2.45, 2.75) is 25.0 Å². The lowest BCUT2D eigenvalue weighted by Crippen LogP contribution is -2.53. The number of hydrogen-bond acceptors (Lipinski definition) is 4. The van der Waals surface area contributed by atoms with Crippen LogP contribution < -0.4 is 10.0 Å². The molecule has 1 heterocycles. The van der Waals surface area contributed by atoms with E-state index < -0.39 is 23.0 Å². The third-order valence-corrected chi connectivity index (χ3v) is 6.07. The predicted octanol–water partition coefficient (Wildman–Crippen LogP) is 3.30. The van der Waals surface area contributed by atoms with Crippen LogP contribution in [-0.2, 0) is 22.5 Å². The second kappa shape index (κ2) is 8.87. The Morgan fingerprint density at radius 2 is 2.07 bits per heavy atom. The molecule has 7 nitrogen and oxygen atoms in total. The number of nitroso groups, excluding NO2 is 1. The van der Waals surface area contributed by atoms with Gasteiger partial charge in [0, 0.05) is 18.8 Å². The van der Waals surface area contributed by atoms with Gasteiger partial charge in [-0.05, 0) is 35.7 Å². The topological polar surface area (TPSA) is 90.9 Å². The number of benzene rings is 2. The minimum absolute atomic E-state index is 0.0817. The summed E-state index contributed by atoms with van der Waals surface area (Å²) in [6.45, 7) is 0.0817. The van der Waals surface area contributed by atoms with E-state index in [-0.39, 0.29) is 23.5 Å². The van der Waals surface area contributed by atoms with Gasteiger partial charge in [-0.3, -0.25) is 4.79 Å². The van der Waals surface area contributed by atoms with Gasteiger partial charge in [-0.15, -0.1) is 0 Å². The van der Waals surface area contributed by atoms with Crippen molar-refractivity contribution in [1.29, 1.82) is 0 Å². The summed E-state index contributed by atoms with van der Waals surface area (Å²) in [5.74, 6) is -0.945. The highest BCUT2D eigenvalue weighted by molar-refractivity contribution is 7.80. The molecule has 1 amide bonds. The van der Waals surface area contributed by atoms with Crippen LogP contribution in [0.3, 0.4) is 0 Å². The van der Waals surface area contributed by atoms with Crippen LogP contribution in [0, 0.1) is 10.7 Å². The highest BCUT2D eigenvalue weighted by Gasteiger charge is 2.36. The van der Waals surface area contributed by atoms with E-state index in [1.165, 1.54) is 22.5 Å². The number of nitrogens with zero attached hydrogens (tertiary/aromatic N) is 2. The molecule has 148 valence electrons. The standard InChI is InChI=1S/C18H18ClFN4O3S/c1-24-17(18(25)22-13-6-7-15(20)14(19)8-13)9-16(23-28(24)27)12-4-2-11(3-5-12)10-21-26/h2-8,16-17,23H,9-10H2,1H3,(H,22,25). The third kappa shape index (κ3) is 4.61. The number of nitrogens with one attached hydrogen (secondary N) is 2. The van der Waals surface area contributed by atoms with E-state index in [0.717, 1.165) is 11.1 Å². The van der Waals surface area contributed by atoms with Crippen molar-refractivity contribution in [3.63, 3.8) is 0 Å². The average molecular weight is 425 g/mol. The Bertz CT molecular complexity index is 912. The van der Waals surface area contributed by atoms with Crippen LogP contribution in [0.25, 0.3) is 0 Å². The smallest absolute Gasteiger partial charge is 0.242 e. The maximum absolute atomic E-state index is 13.3. The monoisotopic (exact) mass is 424 g/mol. The van der Waals surface area contributed by atoms with Crippen molar-refractivity contribution in [2.24, 2.45) is 5.18 Å². The minimum atomic E-state index is -1.57. The van der Waals surface area contributed by atoms with Gasteiger partial charge in [0.15, 0.2) is 11.2 Å². The molecular weight excluding hydrogens is 407 g/mol.